The summed E-state index contributed by atoms with van der Waals surface area (Å²) in [4.78, 5) is 11.2. The molecule has 1 saturated heterocycles. The van der Waals surface area contributed by atoms with Gasteiger partial charge >= 0.3 is 0 Å². The van der Waals surface area contributed by atoms with Gasteiger partial charge in [0.15, 0.2) is 5.67 Å². The van der Waals surface area contributed by atoms with Crippen LogP contribution in [0.4, 0.5) is 20.3 Å². The first-order valence-corrected chi connectivity index (χ1v) is 11.1. The molecule has 1 atom stereocenters. The lowest BCUT2D eigenvalue weighted by molar-refractivity contribution is 0.0489. The fraction of sp³-hybridized carbons (Fsp3) is 0.320. The molecule has 0 bridgehead atoms. The average Bonchev–Trinajstić information content (AvgIpc) is 3.35. The first-order chi connectivity index (χ1) is 15.9. The summed E-state index contributed by atoms with van der Waals surface area (Å²) in [5, 5.41) is 7.93. The molecule has 0 aliphatic carbocycles. The molecule has 33 heavy (non-hydrogen) atoms. The summed E-state index contributed by atoms with van der Waals surface area (Å²) in [6, 6.07) is 11.9. The Morgan fingerprint density at radius 2 is 1.94 bits per heavy atom. The van der Waals surface area contributed by atoms with Gasteiger partial charge in [-0.2, -0.15) is 5.10 Å². The lowest BCUT2D eigenvalue weighted by Crippen LogP contribution is -2.38. The first-order valence-electron chi connectivity index (χ1n) is 11.1. The second kappa shape index (κ2) is 8.51. The zero-order valence-electron chi connectivity index (χ0n) is 18.7. The van der Waals surface area contributed by atoms with E-state index in [9.17, 15) is 4.39 Å². The Morgan fingerprint density at radius 1 is 1.12 bits per heavy atom. The lowest BCUT2D eigenvalue weighted by Gasteiger charge is -2.36. The summed E-state index contributed by atoms with van der Waals surface area (Å²) in [6.45, 7) is 3.41. The van der Waals surface area contributed by atoms with Crippen molar-refractivity contribution in [2.45, 2.75) is 25.4 Å². The van der Waals surface area contributed by atoms with Crippen molar-refractivity contribution < 1.29 is 8.78 Å². The SMILES string of the molecule is CN1CCC(C(C)(F)c2ccc3cnc(Nc4ccc(-n5cccn5)cc4F)cc3n2)CC1. The van der Waals surface area contributed by atoms with Crippen LogP contribution in [-0.4, -0.2) is 44.8 Å². The molecule has 1 aliphatic rings. The average molecular weight is 449 g/mol. The first kappa shape index (κ1) is 21.5. The van der Waals surface area contributed by atoms with E-state index in [1.807, 2.05) is 6.07 Å². The smallest absolute Gasteiger partial charge is 0.152 e. The molecule has 1 N–H and O–H groups in total. The summed E-state index contributed by atoms with van der Waals surface area (Å²) in [5.74, 6) is -0.0524. The highest BCUT2D eigenvalue weighted by Crippen LogP contribution is 2.39. The van der Waals surface area contributed by atoms with Crippen LogP contribution >= 0.6 is 0 Å². The van der Waals surface area contributed by atoms with Crippen LogP contribution in [0.3, 0.4) is 0 Å². The van der Waals surface area contributed by atoms with Gasteiger partial charge in [0.05, 0.1) is 22.6 Å². The minimum atomic E-state index is -1.51. The molecule has 1 unspecified atom stereocenters. The molecule has 8 heteroatoms. The van der Waals surface area contributed by atoms with Crippen LogP contribution in [0.15, 0.2) is 61.1 Å². The number of pyridine rings is 2. The van der Waals surface area contributed by atoms with E-state index in [4.69, 9.17) is 0 Å². The lowest BCUT2D eigenvalue weighted by atomic mass is 9.81. The fourth-order valence-corrected chi connectivity index (χ4v) is 4.42. The van der Waals surface area contributed by atoms with E-state index in [0.29, 0.717) is 22.7 Å². The van der Waals surface area contributed by atoms with Crippen molar-refractivity contribution in [1.82, 2.24) is 24.6 Å². The maximum Gasteiger partial charge on any atom is 0.152 e. The number of likely N-dealkylation sites (tertiary alicyclic amines) is 1. The van der Waals surface area contributed by atoms with E-state index >= 15 is 4.39 Å². The third-order valence-corrected chi connectivity index (χ3v) is 6.54. The summed E-state index contributed by atoms with van der Waals surface area (Å²) >= 11 is 0. The van der Waals surface area contributed by atoms with Crippen LogP contribution in [-0.2, 0) is 5.67 Å². The molecule has 4 heterocycles. The number of hydrogen-bond donors (Lipinski definition) is 1. The topological polar surface area (TPSA) is 58.9 Å². The van der Waals surface area contributed by atoms with Crippen LogP contribution in [0.25, 0.3) is 16.6 Å². The molecule has 1 fully saturated rings. The highest BCUT2D eigenvalue weighted by Gasteiger charge is 2.38. The number of benzene rings is 1. The number of nitrogens with one attached hydrogen (secondary N) is 1. The molecule has 4 aromatic rings. The van der Waals surface area contributed by atoms with Crippen molar-refractivity contribution in [3.05, 3.63) is 72.6 Å². The van der Waals surface area contributed by atoms with Gasteiger partial charge in [0, 0.05) is 42.0 Å². The molecular formula is C25H26F2N6. The van der Waals surface area contributed by atoms with E-state index in [1.165, 1.54) is 6.07 Å². The van der Waals surface area contributed by atoms with Crippen LogP contribution in [0, 0.1) is 11.7 Å². The van der Waals surface area contributed by atoms with Crippen LogP contribution in [0.1, 0.15) is 25.5 Å². The van der Waals surface area contributed by atoms with Crippen LogP contribution < -0.4 is 5.32 Å². The number of piperidine rings is 1. The van der Waals surface area contributed by atoms with Crippen molar-refractivity contribution in [2.75, 3.05) is 25.5 Å². The second-order valence-corrected chi connectivity index (χ2v) is 8.85. The van der Waals surface area contributed by atoms with E-state index in [2.05, 4.69) is 32.3 Å². The van der Waals surface area contributed by atoms with Crippen molar-refractivity contribution in [2.24, 2.45) is 5.92 Å². The van der Waals surface area contributed by atoms with Crippen LogP contribution in [0.2, 0.25) is 0 Å². The molecule has 0 spiro atoms. The van der Waals surface area contributed by atoms with Gasteiger partial charge in [0.25, 0.3) is 0 Å². The summed E-state index contributed by atoms with van der Waals surface area (Å²) < 4.78 is 32.1. The summed E-state index contributed by atoms with van der Waals surface area (Å²) in [7, 11) is 2.06. The number of halogens is 2. The van der Waals surface area contributed by atoms with Crippen molar-refractivity contribution in [3.8, 4) is 5.69 Å². The standard InChI is InChI=1S/C25H26F2N6/c1-25(27,18-8-12-32(2)13-9-18)23-7-4-17-16-28-24(15-22(17)30-23)31-21-6-5-19(14-20(21)26)33-11-3-10-29-33/h3-7,10-11,14-16,18H,8-9,12-13H2,1-2H3,(H,28,31). The van der Waals surface area contributed by atoms with E-state index in [0.717, 1.165) is 31.3 Å². The van der Waals surface area contributed by atoms with Gasteiger partial charge in [-0.05, 0) is 70.2 Å². The molecule has 5 rings (SSSR count). The number of alkyl halides is 1. The van der Waals surface area contributed by atoms with Crippen molar-refractivity contribution >= 4 is 22.4 Å². The number of nitrogens with zero attached hydrogens (tertiary/aromatic N) is 5. The Morgan fingerprint density at radius 3 is 2.67 bits per heavy atom. The van der Waals surface area contributed by atoms with Crippen molar-refractivity contribution in [3.63, 3.8) is 0 Å². The maximum atomic E-state index is 15.8. The Hall–Kier alpha value is -3.39. The number of fused-ring (bicyclic) bond motifs is 1. The zero-order valence-corrected chi connectivity index (χ0v) is 18.7. The molecule has 3 aromatic heterocycles. The third-order valence-electron chi connectivity index (χ3n) is 6.54. The Bertz CT molecular complexity index is 1260. The van der Waals surface area contributed by atoms with E-state index in [1.54, 1.807) is 60.5 Å². The Labute approximate surface area is 191 Å². The maximum absolute atomic E-state index is 15.8. The molecule has 1 aliphatic heterocycles. The van der Waals surface area contributed by atoms with Gasteiger partial charge in [-0.3, -0.25) is 0 Å². The Kier molecular flexibility index (Phi) is 5.54. The normalized spacial score (nSPS) is 17.2. The summed E-state index contributed by atoms with van der Waals surface area (Å²) in [6.07, 6.45) is 6.66. The van der Waals surface area contributed by atoms with Gasteiger partial charge in [-0.1, -0.05) is 0 Å². The number of aromatic nitrogens is 4. The van der Waals surface area contributed by atoms with Gasteiger partial charge in [0.2, 0.25) is 0 Å². The molecule has 1 aromatic carbocycles. The monoisotopic (exact) mass is 448 g/mol. The highest BCUT2D eigenvalue weighted by molar-refractivity contribution is 5.81. The van der Waals surface area contributed by atoms with Crippen LogP contribution in [0.5, 0.6) is 0 Å². The predicted octanol–water partition coefficient (Wildman–Crippen LogP) is 5.22. The molecule has 0 radical (unpaired) electrons. The predicted molar refractivity (Wildman–Crippen MR) is 125 cm³/mol. The quantitative estimate of drug-likeness (QED) is 0.453. The minimum absolute atomic E-state index is 0.0690. The second-order valence-electron chi connectivity index (χ2n) is 8.85. The molecule has 0 amide bonds. The van der Waals surface area contributed by atoms with Gasteiger partial charge in [-0.25, -0.2) is 23.4 Å². The molecular weight excluding hydrogens is 422 g/mol. The summed E-state index contributed by atoms with van der Waals surface area (Å²) in [5.41, 5.74) is 0.445. The number of anilines is 2. The molecule has 170 valence electrons. The highest BCUT2D eigenvalue weighted by atomic mass is 19.1. The molecule has 0 saturated carbocycles. The van der Waals surface area contributed by atoms with Gasteiger partial charge < -0.3 is 10.2 Å². The third kappa shape index (κ3) is 4.30. The van der Waals surface area contributed by atoms with E-state index < -0.39 is 11.5 Å². The van der Waals surface area contributed by atoms with Crippen molar-refractivity contribution in [1.29, 1.82) is 0 Å². The van der Waals surface area contributed by atoms with Gasteiger partial charge in [0.1, 0.15) is 11.6 Å². The number of hydrogen-bond acceptors (Lipinski definition) is 5. The fourth-order valence-electron chi connectivity index (χ4n) is 4.42. The minimum Gasteiger partial charge on any atom is -0.338 e. The molecule has 6 nitrogen and oxygen atoms in total. The largest absolute Gasteiger partial charge is 0.338 e. The van der Waals surface area contributed by atoms with Gasteiger partial charge in [-0.15, -0.1) is 0 Å². The Balaban J connectivity index is 1.40. The number of rotatable bonds is 5. The zero-order chi connectivity index (χ0) is 23.0. The van der Waals surface area contributed by atoms with E-state index in [-0.39, 0.29) is 11.6 Å².